The van der Waals surface area contributed by atoms with E-state index in [9.17, 15) is 13.2 Å². The van der Waals surface area contributed by atoms with E-state index in [1.165, 1.54) is 13.8 Å². The lowest BCUT2D eigenvalue weighted by Crippen LogP contribution is -2.75. The molecule has 1 aliphatic heterocycles. The summed E-state index contributed by atoms with van der Waals surface area (Å²) >= 11 is 0. The first kappa shape index (κ1) is 13.4. The minimum Gasteiger partial charge on any atom is -0.328 e. The summed E-state index contributed by atoms with van der Waals surface area (Å²) in [6.45, 7) is 8.42. The zero-order chi connectivity index (χ0) is 12.9. The third-order valence-corrected chi connectivity index (χ3v) is 6.23. The van der Waals surface area contributed by atoms with Gasteiger partial charge in [-0.3, -0.25) is 4.79 Å². The normalized spacial score (nSPS) is 26.4. The maximum absolute atomic E-state index is 12.0. The second kappa shape index (κ2) is 3.43. The molecule has 1 aliphatic rings. The van der Waals surface area contributed by atoms with E-state index < -0.39 is 20.3 Å². The molecule has 0 radical (unpaired) electrons. The Bertz CT molecular complexity index is 414. The van der Waals surface area contributed by atoms with E-state index in [1.807, 2.05) is 13.8 Å². The van der Waals surface area contributed by atoms with E-state index in [0.717, 1.165) is 4.31 Å². The van der Waals surface area contributed by atoms with Crippen LogP contribution in [-0.2, 0) is 14.8 Å². The SMILES string of the molecule is CC(C)C(C)(CN)N1C(=O)C(C)(C)S1(=O)=O. The number of amides is 1. The summed E-state index contributed by atoms with van der Waals surface area (Å²) in [5, 5.41) is 0. The molecule has 1 amide bonds. The van der Waals surface area contributed by atoms with Gasteiger partial charge in [-0.05, 0) is 26.7 Å². The molecule has 16 heavy (non-hydrogen) atoms. The average molecular weight is 248 g/mol. The van der Waals surface area contributed by atoms with Crippen LogP contribution >= 0.6 is 0 Å². The molecule has 0 aromatic carbocycles. The van der Waals surface area contributed by atoms with E-state index in [0.29, 0.717) is 0 Å². The molecule has 0 spiro atoms. The van der Waals surface area contributed by atoms with E-state index in [-0.39, 0.29) is 18.4 Å². The maximum atomic E-state index is 12.0. The number of hydrogen-bond acceptors (Lipinski definition) is 4. The highest BCUT2D eigenvalue weighted by molar-refractivity contribution is 7.94. The van der Waals surface area contributed by atoms with E-state index >= 15 is 0 Å². The van der Waals surface area contributed by atoms with Crippen molar-refractivity contribution >= 4 is 15.9 Å². The molecule has 6 heteroatoms. The van der Waals surface area contributed by atoms with Crippen molar-refractivity contribution in [3.8, 4) is 0 Å². The summed E-state index contributed by atoms with van der Waals surface area (Å²) in [7, 11) is -3.56. The van der Waals surface area contributed by atoms with Crippen LogP contribution < -0.4 is 5.73 Å². The lowest BCUT2D eigenvalue weighted by atomic mass is 9.87. The number of carbonyl (C=O) groups is 1. The fourth-order valence-electron chi connectivity index (χ4n) is 1.71. The number of rotatable bonds is 3. The van der Waals surface area contributed by atoms with Crippen molar-refractivity contribution in [2.24, 2.45) is 11.7 Å². The van der Waals surface area contributed by atoms with Gasteiger partial charge in [0.05, 0.1) is 5.54 Å². The molecule has 2 N–H and O–H groups in total. The molecule has 1 heterocycles. The minimum absolute atomic E-state index is 0.0210. The van der Waals surface area contributed by atoms with Gasteiger partial charge in [0, 0.05) is 6.54 Å². The van der Waals surface area contributed by atoms with Crippen molar-refractivity contribution in [1.82, 2.24) is 4.31 Å². The predicted octanol–water partition coefficient (Wildman–Crippen LogP) is 0.310. The van der Waals surface area contributed by atoms with Gasteiger partial charge in [0.2, 0.25) is 0 Å². The molecule has 1 saturated heterocycles. The van der Waals surface area contributed by atoms with E-state index in [2.05, 4.69) is 0 Å². The molecule has 0 aromatic rings. The Morgan fingerprint density at radius 2 is 1.88 bits per heavy atom. The molecule has 1 fully saturated rings. The number of nitrogens with zero attached hydrogens (tertiary/aromatic N) is 1. The van der Waals surface area contributed by atoms with Crippen LogP contribution in [-0.4, -0.2) is 35.5 Å². The summed E-state index contributed by atoms with van der Waals surface area (Å²) in [4.78, 5) is 11.9. The van der Waals surface area contributed by atoms with Crippen LogP contribution in [0.5, 0.6) is 0 Å². The Hall–Kier alpha value is -0.620. The first-order chi connectivity index (χ1) is 7.03. The van der Waals surface area contributed by atoms with Crippen LogP contribution in [0.1, 0.15) is 34.6 Å². The number of sulfonamides is 1. The minimum atomic E-state index is -3.56. The van der Waals surface area contributed by atoms with Gasteiger partial charge in [-0.1, -0.05) is 13.8 Å². The highest BCUT2D eigenvalue weighted by Gasteiger charge is 2.65. The van der Waals surface area contributed by atoms with Crippen molar-refractivity contribution in [2.75, 3.05) is 6.54 Å². The predicted molar refractivity (Wildman–Crippen MR) is 62.1 cm³/mol. The Kier molecular flexibility index (Phi) is 2.89. The first-order valence-electron chi connectivity index (χ1n) is 5.33. The summed E-state index contributed by atoms with van der Waals surface area (Å²) in [5.74, 6) is -0.388. The number of hydrogen-bond donors (Lipinski definition) is 1. The Morgan fingerprint density at radius 1 is 1.44 bits per heavy atom. The molecular weight excluding hydrogens is 228 g/mol. The van der Waals surface area contributed by atoms with Gasteiger partial charge < -0.3 is 5.73 Å². The monoisotopic (exact) mass is 248 g/mol. The standard InChI is InChI=1S/C10H20N2O3S/c1-7(2)10(5,6-11)12-8(13)9(3,4)16(12,14)15/h7H,6,11H2,1-5H3. The zero-order valence-corrected chi connectivity index (χ0v) is 11.3. The Balaban J connectivity index is 3.24. The van der Waals surface area contributed by atoms with Crippen molar-refractivity contribution in [1.29, 1.82) is 0 Å². The third-order valence-electron chi connectivity index (χ3n) is 3.71. The van der Waals surface area contributed by atoms with Gasteiger partial charge in [0.1, 0.15) is 0 Å². The average Bonchev–Trinajstić information content (AvgIpc) is 2.16. The van der Waals surface area contributed by atoms with Gasteiger partial charge in [0.25, 0.3) is 15.9 Å². The fraction of sp³-hybridized carbons (Fsp3) is 0.900. The quantitative estimate of drug-likeness (QED) is 0.779. The van der Waals surface area contributed by atoms with Gasteiger partial charge >= 0.3 is 0 Å². The Morgan fingerprint density at radius 3 is 2.12 bits per heavy atom. The highest BCUT2D eigenvalue weighted by atomic mass is 32.2. The smallest absolute Gasteiger partial charge is 0.259 e. The summed E-state index contributed by atoms with van der Waals surface area (Å²) in [6.07, 6.45) is 0. The summed E-state index contributed by atoms with van der Waals surface area (Å²) < 4.78 is 23.7. The highest BCUT2D eigenvalue weighted by Crippen LogP contribution is 2.42. The molecule has 0 aromatic heterocycles. The van der Waals surface area contributed by atoms with Crippen LogP contribution in [0, 0.1) is 5.92 Å². The van der Waals surface area contributed by atoms with Crippen LogP contribution in [0.25, 0.3) is 0 Å². The summed E-state index contributed by atoms with van der Waals surface area (Å²) in [5.41, 5.74) is 4.80. The molecule has 1 rings (SSSR count). The second-order valence-corrected chi connectivity index (χ2v) is 7.64. The van der Waals surface area contributed by atoms with Gasteiger partial charge in [-0.15, -0.1) is 0 Å². The Labute approximate surface area is 97.0 Å². The maximum Gasteiger partial charge on any atom is 0.259 e. The van der Waals surface area contributed by atoms with Crippen LogP contribution in [0.2, 0.25) is 0 Å². The third kappa shape index (κ3) is 1.32. The molecule has 1 unspecified atom stereocenters. The van der Waals surface area contributed by atoms with Crippen LogP contribution in [0.4, 0.5) is 0 Å². The molecule has 1 atom stereocenters. The largest absolute Gasteiger partial charge is 0.328 e. The molecule has 5 nitrogen and oxygen atoms in total. The topological polar surface area (TPSA) is 80.5 Å². The molecule has 0 bridgehead atoms. The van der Waals surface area contributed by atoms with Gasteiger partial charge in [-0.2, -0.15) is 0 Å². The van der Waals surface area contributed by atoms with Gasteiger partial charge in [0.15, 0.2) is 4.75 Å². The van der Waals surface area contributed by atoms with Crippen molar-refractivity contribution in [3.63, 3.8) is 0 Å². The van der Waals surface area contributed by atoms with Crippen LogP contribution in [0.3, 0.4) is 0 Å². The van der Waals surface area contributed by atoms with E-state index in [1.54, 1.807) is 6.92 Å². The lowest BCUT2D eigenvalue weighted by molar-refractivity contribution is -0.137. The van der Waals surface area contributed by atoms with Crippen molar-refractivity contribution < 1.29 is 13.2 Å². The molecular formula is C10H20N2O3S. The second-order valence-electron chi connectivity index (χ2n) is 5.30. The molecule has 94 valence electrons. The molecule has 0 saturated carbocycles. The fourth-order valence-corrected chi connectivity index (χ4v) is 3.63. The number of carbonyl (C=O) groups excluding carboxylic acids is 1. The first-order valence-corrected chi connectivity index (χ1v) is 6.77. The zero-order valence-electron chi connectivity index (χ0n) is 10.4. The lowest BCUT2D eigenvalue weighted by Gasteiger charge is -2.53. The van der Waals surface area contributed by atoms with Crippen molar-refractivity contribution in [2.45, 2.75) is 44.9 Å². The van der Waals surface area contributed by atoms with Gasteiger partial charge in [-0.25, -0.2) is 12.7 Å². The van der Waals surface area contributed by atoms with Crippen LogP contribution in [0.15, 0.2) is 0 Å². The van der Waals surface area contributed by atoms with E-state index in [4.69, 9.17) is 5.73 Å². The van der Waals surface area contributed by atoms with Crippen molar-refractivity contribution in [3.05, 3.63) is 0 Å². The molecule has 0 aliphatic carbocycles. The summed E-state index contributed by atoms with van der Waals surface area (Å²) in [6, 6.07) is 0. The number of nitrogens with two attached hydrogens (primary N) is 1.